The van der Waals surface area contributed by atoms with Crippen LogP contribution in [0.25, 0.3) is 10.9 Å². The van der Waals surface area contributed by atoms with Crippen molar-refractivity contribution in [3.63, 3.8) is 0 Å². The standard InChI is InChI=1S/C16H21BFNO3/c1-15(2)16(3,4)22-17(21-15)13-9-11(18)10-14-12(13)5-6-19(14)7-8-20/h5-6,9-10,20H,7-8H2,1-4H3. The van der Waals surface area contributed by atoms with Crippen molar-refractivity contribution in [1.82, 2.24) is 4.57 Å². The van der Waals surface area contributed by atoms with Crippen molar-refractivity contribution >= 4 is 23.5 Å². The Kier molecular flexibility index (Phi) is 3.59. The average molecular weight is 305 g/mol. The molecule has 0 aliphatic carbocycles. The van der Waals surface area contributed by atoms with Gasteiger partial charge in [-0.3, -0.25) is 0 Å². The summed E-state index contributed by atoms with van der Waals surface area (Å²) < 4.78 is 27.9. The van der Waals surface area contributed by atoms with E-state index in [1.54, 1.807) is 0 Å². The molecule has 0 bridgehead atoms. The first-order chi connectivity index (χ1) is 10.2. The smallest absolute Gasteiger partial charge is 0.399 e. The van der Waals surface area contributed by atoms with E-state index in [-0.39, 0.29) is 12.4 Å². The van der Waals surface area contributed by atoms with Gasteiger partial charge >= 0.3 is 7.12 Å². The molecule has 4 nitrogen and oxygen atoms in total. The predicted octanol–water partition coefficient (Wildman–Crippen LogP) is 2.07. The highest BCUT2D eigenvalue weighted by Gasteiger charge is 2.52. The van der Waals surface area contributed by atoms with Crippen LogP contribution in [0.5, 0.6) is 0 Å². The second-order valence-corrected chi connectivity index (χ2v) is 6.75. The number of benzene rings is 1. The van der Waals surface area contributed by atoms with Crippen LogP contribution in [0.1, 0.15) is 27.7 Å². The maximum atomic E-state index is 14.0. The molecule has 0 spiro atoms. The number of hydrogen-bond acceptors (Lipinski definition) is 3. The Morgan fingerprint density at radius 1 is 1.18 bits per heavy atom. The van der Waals surface area contributed by atoms with Crippen molar-refractivity contribution in [2.24, 2.45) is 0 Å². The van der Waals surface area contributed by atoms with E-state index >= 15 is 0 Å². The van der Waals surface area contributed by atoms with Crippen molar-refractivity contribution in [3.05, 3.63) is 30.2 Å². The summed E-state index contributed by atoms with van der Waals surface area (Å²) in [5, 5.41) is 10.0. The van der Waals surface area contributed by atoms with Crippen LogP contribution >= 0.6 is 0 Å². The third kappa shape index (κ3) is 2.35. The maximum Gasteiger partial charge on any atom is 0.495 e. The lowest BCUT2D eigenvalue weighted by molar-refractivity contribution is 0.00578. The molecule has 1 aliphatic heterocycles. The Bertz CT molecular complexity index is 695. The lowest BCUT2D eigenvalue weighted by Gasteiger charge is -2.32. The topological polar surface area (TPSA) is 43.6 Å². The van der Waals surface area contributed by atoms with Crippen LogP contribution in [0, 0.1) is 5.82 Å². The van der Waals surface area contributed by atoms with Gasteiger partial charge in [0.05, 0.1) is 23.3 Å². The van der Waals surface area contributed by atoms with Crippen molar-refractivity contribution in [3.8, 4) is 0 Å². The van der Waals surface area contributed by atoms with Gasteiger partial charge in [0.2, 0.25) is 0 Å². The quantitative estimate of drug-likeness (QED) is 0.883. The minimum Gasteiger partial charge on any atom is -0.399 e. The van der Waals surface area contributed by atoms with Crippen molar-refractivity contribution in [2.45, 2.75) is 45.4 Å². The van der Waals surface area contributed by atoms with Gasteiger partial charge < -0.3 is 19.0 Å². The highest BCUT2D eigenvalue weighted by atomic mass is 19.1. The molecule has 0 atom stereocenters. The zero-order valence-electron chi connectivity index (χ0n) is 13.4. The molecular weight excluding hydrogens is 284 g/mol. The largest absolute Gasteiger partial charge is 0.495 e. The first-order valence-corrected chi connectivity index (χ1v) is 7.50. The van der Waals surface area contributed by atoms with Crippen LogP contribution in [-0.2, 0) is 15.9 Å². The molecule has 1 aromatic carbocycles. The van der Waals surface area contributed by atoms with Crippen LogP contribution < -0.4 is 5.46 Å². The third-order valence-electron chi connectivity index (χ3n) is 4.73. The fourth-order valence-corrected chi connectivity index (χ4v) is 2.76. The van der Waals surface area contributed by atoms with E-state index in [2.05, 4.69) is 0 Å². The molecule has 1 saturated heterocycles. The van der Waals surface area contributed by atoms with Crippen molar-refractivity contribution < 1.29 is 18.8 Å². The Morgan fingerprint density at radius 3 is 2.41 bits per heavy atom. The lowest BCUT2D eigenvalue weighted by Crippen LogP contribution is -2.41. The summed E-state index contributed by atoms with van der Waals surface area (Å²) in [5.41, 5.74) is 0.484. The van der Waals surface area contributed by atoms with Gasteiger partial charge in [0.1, 0.15) is 5.82 Å². The van der Waals surface area contributed by atoms with Gasteiger partial charge in [-0.25, -0.2) is 4.39 Å². The van der Waals surface area contributed by atoms with Crippen LogP contribution in [0.2, 0.25) is 0 Å². The minimum absolute atomic E-state index is 0.00607. The van der Waals surface area contributed by atoms with Crippen LogP contribution in [0.15, 0.2) is 24.4 Å². The maximum absolute atomic E-state index is 14.0. The van der Waals surface area contributed by atoms with Gasteiger partial charge in [0.25, 0.3) is 0 Å². The molecule has 0 unspecified atom stereocenters. The lowest BCUT2D eigenvalue weighted by atomic mass is 9.77. The van der Waals surface area contributed by atoms with Gasteiger partial charge in [0, 0.05) is 12.7 Å². The summed E-state index contributed by atoms with van der Waals surface area (Å²) in [6.45, 7) is 8.32. The summed E-state index contributed by atoms with van der Waals surface area (Å²) in [5.74, 6) is -0.338. The molecular formula is C16H21BFNO3. The van der Waals surface area contributed by atoms with Crippen molar-refractivity contribution in [2.75, 3.05) is 6.61 Å². The molecule has 0 radical (unpaired) electrons. The molecule has 2 aromatic rings. The molecule has 0 amide bonds. The number of aliphatic hydroxyl groups excluding tert-OH is 1. The number of nitrogens with zero attached hydrogens (tertiary/aromatic N) is 1. The molecule has 0 saturated carbocycles. The fraction of sp³-hybridized carbons (Fsp3) is 0.500. The fourth-order valence-electron chi connectivity index (χ4n) is 2.76. The van der Waals surface area contributed by atoms with Gasteiger partial charge in [-0.1, -0.05) is 0 Å². The first-order valence-electron chi connectivity index (χ1n) is 7.50. The summed E-state index contributed by atoms with van der Waals surface area (Å²) in [4.78, 5) is 0. The predicted molar refractivity (Wildman–Crippen MR) is 84.7 cm³/mol. The molecule has 118 valence electrons. The van der Waals surface area contributed by atoms with E-state index in [1.807, 2.05) is 44.5 Å². The molecule has 1 aliphatic rings. The van der Waals surface area contributed by atoms with Gasteiger partial charge in [-0.2, -0.15) is 0 Å². The van der Waals surface area contributed by atoms with E-state index < -0.39 is 18.3 Å². The van der Waals surface area contributed by atoms with E-state index in [4.69, 9.17) is 14.4 Å². The Hall–Kier alpha value is -1.37. The van der Waals surface area contributed by atoms with Crippen LogP contribution in [0.4, 0.5) is 4.39 Å². The Labute approximate surface area is 130 Å². The normalized spacial score (nSPS) is 20.0. The van der Waals surface area contributed by atoms with Gasteiger partial charge in [0.15, 0.2) is 0 Å². The number of halogens is 1. The van der Waals surface area contributed by atoms with Crippen molar-refractivity contribution in [1.29, 1.82) is 0 Å². The first kappa shape index (κ1) is 15.5. The van der Waals surface area contributed by atoms with Crippen LogP contribution in [0.3, 0.4) is 0 Å². The monoisotopic (exact) mass is 305 g/mol. The van der Waals surface area contributed by atoms with Gasteiger partial charge in [-0.05, 0) is 56.7 Å². The Morgan fingerprint density at radius 2 is 1.82 bits per heavy atom. The van der Waals surface area contributed by atoms with E-state index in [1.165, 1.54) is 12.1 Å². The summed E-state index contributed by atoms with van der Waals surface area (Å²) in [6, 6.07) is 4.85. The van der Waals surface area contributed by atoms with E-state index in [0.717, 1.165) is 10.9 Å². The summed E-state index contributed by atoms with van der Waals surface area (Å²) >= 11 is 0. The summed E-state index contributed by atoms with van der Waals surface area (Å²) in [7, 11) is -0.604. The average Bonchev–Trinajstić information content (AvgIpc) is 2.89. The highest BCUT2D eigenvalue weighted by molar-refractivity contribution is 6.65. The minimum atomic E-state index is -0.604. The SMILES string of the molecule is CC1(C)OB(c2cc(F)cc3c2ccn3CCO)OC1(C)C. The van der Waals surface area contributed by atoms with E-state index in [0.29, 0.717) is 12.0 Å². The molecule has 1 fully saturated rings. The second-order valence-electron chi connectivity index (χ2n) is 6.75. The zero-order valence-corrected chi connectivity index (χ0v) is 13.4. The summed E-state index contributed by atoms with van der Waals surface area (Å²) in [6.07, 6.45) is 1.84. The van der Waals surface area contributed by atoms with Crippen LogP contribution in [-0.4, -0.2) is 34.6 Å². The molecule has 3 rings (SSSR count). The number of fused-ring (bicyclic) bond motifs is 1. The second kappa shape index (κ2) is 5.08. The molecule has 2 heterocycles. The van der Waals surface area contributed by atoms with E-state index in [9.17, 15) is 4.39 Å². The molecule has 22 heavy (non-hydrogen) atoms. The molecule has 1 N–H and O–H groups in total. The highest BCUT2D eigenvalue weighted by Crippen LogP contribution is 2.37. The zero-order chi connectivity index (χ0) is 16.1. The number of aliphatic hydroxyl groups is 1. The van der Waals surface area contributed by atoms with Gasteiger partial charge in [-0.15, -0.1) is 0 Å². The third-order valence-corrected chi connectivity index (χ3v) is 4.73. The number of aromatic nitrogens is 1. The number of rotatable bonds is 3. The Balaban J connectivity index is 2.09. The number of hydrogen-bond donors (Lipinski definition) is 1. The molecule has 1 aromatic heterocycles. The molecule has 6 heteroatoms.